The normalized spacial score (nSPS) is 25.1. The molecule has 1 aliphatic rings. The van der Waals surface area contributed by atoms with Gasteiger partial charge in [-0.3, -0.25) is 5.41 Å². The number of nitrogens with one attached hydrogen (secondary N) is 1. The van der Waals surface area contributed by atoms with E-state index in [0.29, 0.717) is 6.04 Å². The summed E-state index contributed by atoms with van der Waals surface area (Å²) < 4.78 is 0. The van der Waals surface area contributed by atoms with Crippen LogP contribution in [0.1, 0.15) is 39.0 Å². The van der Waals surface area contributed by atoms with Crippen LogP contribution < -0.4 is 5.73 Å². The van der Waals surface area contributed by atoms with Gasteiger partial charge in [-0.05, 0) is 19.3 Å². The SMILES string of the molecule is CCC1CCCCCN1C(=N)N. The zero-order valence-corrected chi connectivity index (χ0v) is 7.84. The zero-order valence-electron chi connectivity index (χ0n) is 7.84. The van der Waals surface area contributed by atoms with E-state index < -0.39 is 0 Å². The van der Waals surface area contributed by atoms with Crippen molar-refractivity contribution in [2.45, 2.75) is 45.1 Å². The monoisotopic (exact) mass is 169 g/mol. The molecule has 0 radical (unpaired) electrons. The lowest BCUT2D eigenvalue weighted by atomic mass is 10.1. The molecule has 1 saturated heterocycles. The van der Waals surface area contributed by atoms with E-state index >= 15 is 0 Å². The second-order valence-corrected chi connectivity index (χ2v) is 3.49. The van der Waals surface area contributed by atoms with E-state index in [1.807, 2.05) is 4.90 Å². The summed E-state index contributed by atoms with van der Waals surface area (Å²) in [4.78, 5) is 2.05. The van der Waals surface area contributed by atoms with Crippen molar-refractivity contribution in [2.24, 2.45) is 5.73 Å². The predicted molar refractivity (Wildman–Crippen MR) is 51.2 cm³/mol. The van der Waals surface area contributed by atoms with Crippen LogP contribution in [-0.2, 0) is 0 Å². The molecule has 1 unspecified atom stereocenters. The Kier molecular flexibility index (Phi) is 3.38. The molecule has 0 aliphatic carbocycles. The maximum atomic E-state index is 7.42. The molecule has 1 fully saturated rings. The van der Waals surface area contributed by atoms with Gasteiger partial charge in [-0.2, -0.15) is 0 Å². The van der Waals surface area contributed by atoms with Crippen molar-refractivity contribution >= 4 is 5.96 Å². The lowest BCUT2D eigenvalue weighted by Crippen LogP contribution is -2.43. The average molecular weight is 169 g/mol. The van der Waals surface area contributed by atoms with Crippen molar-refractivity contribution in [2.75, 3.05) is 6.54 Å². The molecule has 3 N–H and O–H groups in total. The molecule has 12 heavy (non-hydrogen) atoms. The Balaban J connectivity index is 2.57. The van der Waals surface area contributed by atoms with Gasteiger partial charge in [0, 0.05) is 12.6 Å². The molecular formula is C9H19N3. The van der Waals surface area contributed by atoms with Crippen LogP contribution in [0.2, 0.25) is 0 Å². The molecule has 3 nitrogen and oxygen atoms in total. The highest BCUT2D eigenvalue weighted by Gasteiger charge is 2.19. The molecule has 0 aromatic carbocycles. The Morgan fingerprint density at radius 1 is 1.50 bits per heavy atom. The smallest absolute Gasteiger partial charge is 0.188 e. The van der Waals surface area contributed by atoms with Crippen LogP contribution in [0.4, 0.5) is 0 Å². The Morgan fingerprint density at radius 2 is 2.25 bits per heavy atom. The zero-order chi connectivity index (χ0) is 8.97. The summed E-state index contributed by atoms with van der Waals surface area (Å²) in [6, 6.07) is 0.519. The molecule has 70 valence electrons. The Labute approximate surface area is 74.4 Å². The molecule has 1 atom stereocenters. The van der Waals surface area contributed by atoms with Gasteiger partial charge in [0.25, 0.3) is 0 Å². The van der Waals surface area contributed by atoms with Crippen LogP contribution in [0.15, 0.2) is 0 Å². The number of likely N-dealkylation sites (tertiary alicyclic amines) is 1. The average Bonchev–Trinajstić information content (AvgIpc) is 2.27. The highest BCUT2D eigenvalue weighted by atomic mass is 15.2. The van der Waals surface area contributed by atoms with Crippen molar-refractivity contribution in [3.05, 3.63) is 0 Å². The third kappa shape index (κ3) is 2.13. The fourth-order valence-electron chi connectivity index (χ4n) is 1.92. The molecule has 0 aromatic heterocycles. The van der Waals surface area contributed by atoms with E-state index in [-0.39, 0.29) is 5.96 Å². The Morgan fingerprint density at radius 3 is 2.83 bits per heavy atom. The first-order valence-electron chi connectivity index (χ1n) is 4.86. The maximum Gasteiger partial charge on any atom is 0.188 e. The second kappa shape index (κ2) is 4.33. The molecule has 1 heterocycles. The first-order chi connectivity index (χ1) is 5.75. The molecular weight excluding hydrogens is 150 g/mol. The van der Waals surface area contributed by atoms with Gasteiger partial charge in [0.2, 0.25) is 0 Å². The number of nitrogens with two attached hydrogens (primary N) is 1. The molecule has 1 rings (SSSR count). The highest BCUT2D eigenvalue weighted by Crippen LogP contribution is 2.18. The van der Waals surface area contributed by atoms with Crippen molar-refractivity contribution in [1.29, 1.82) is 5.41 Å². The third-order valence-electron chi connectivity index (χ3n) is 2.66. The summed E-state index contributed by atoms with van der Waals surface area (Å²) in [6.07, 6.45) is 6.09. The fourth-order valence-corrected chi connectivity index (χ4v) is 1.92. The van der Waals surface area contributed by atoms with E-state index in [0.717, 1.165) is 13.0 Å². The van der Waals surface area contributed by atoms with Crippen LogP contribution in [0, 0.1) is 5.41 Å². The predicted octanol–water partition coefficient (Wildman–Crippen LogP) is 1.53. The van der Waals surface area contributed by atoms with Crippen molar-refractivity contribution < 1.29 is 0 Å². The van der Waals surface area contributed by atoms with Crippen LogP contribution >= 0.6 is 0 Å². The van der Waals surface area contributed by atoms with Crippen molar-refractivity contribution in [3.8, 4) is 0 Å². The topological polar surface area (TPSA) is 53.1 Å². The second-order valence-electron chi connectivity index (χ2n) is 3.49. The lowest BCUT2D eigenvalue weighted by molar-refractivity contribution is 0.302. The van der Waals surface area contributed by atoms with Gasteiger partial charge in [0.1, 0.15) is 0 Å². The minimum Gasteiger partial charge on any atom is -0.370 e. The van der Waals surface area contributed by atoms with Crippen LogP contribution in [0.3, 0.4) is 0 Å². The Bertz CT molecular complexity index is 156. The van der Waals surface area contributed by atoms with Crippen molar-refractivity contribution in [3.63, 3.8) is 0 Å². The molecule has 0 bridgehead atoms. The fraction of sp³-hybridized carbons (Fsp3) is 0.889. The van der Waals surface area contributed by atoms with Crippen LogP contribution in [0.25, 0.3) is 0 Å². The van der Waals surface area contributed by atoms with E-state index in [4.69, 9.17) is 11.1 Å². The Hall–Kier alpha value is -0.730. The van der Waals surface area contributed by atoms with E-state index in [9.17, 15) is 0 Å². The number of hydrogen-bond donors (Lipinski definition) is 2. The van der Waals surface area contributed by atoms with Crippen LogP contribution in [0.5, 0.6) is 0 Å². The van der Waals surface area contributed by atoms with Crippen LogP contribution in [-0.4, -0.2) is 23.4 Å². The minimum absolute atomic E-state index is 0.253. The van der Waals surface area contributed by atoms with Gasteiger partial charge < -0.3 is 10.6 Å². The summed E-state index contributed by atoms with van der Waals surface area (Å²) >= 11 is 0. The molecule has 1 aliphatic heterocycles. The number of nitrogens with zero attached hydrogens (tertiary/aromatic N) is 1. The standard InChI is InChI=1S/C9H19N3/c1-2-8-6-4-3-5-7-12(8)9(10)11/h8H,2-7H2,1H3,(H3,10,11). The van der Waals surface area contributed by atoms with E-state index in [2.05, 4.69) is 6.92 Å². The molecule has 3 heteroatoms. The number of hydrogen-bond acceptors (Lipinski definition) is 1. The lowest BCUT2D eigenvalue weighted by Gasteiger charge is -2.29. The molecule has 0 aromatic rings. The molecule has 0 saturated carbocycles. The summed E-state index contributed by atoms with van der Waals surface area (Å²) in [5, 5.41) is 7.42. The van der Waals surface area contributed by atoms with E-state index in [1.54, 1.807) is 0 Å². The number of guanidine groups is 1. The van der Waals surface area contributed by atoms with Gasteiger partial charge in [-0.15, -0.1) is 0 Å². The third-order valence-corrected chi connectivity index (χ3v) is 2.66. The van der Waals surface area contributed by atoms with Gasteiger partial charge in [0.15, 0.2) is 5.96 Å². The van der Waals surface area contributed by atoms with Crippen molar-refractivity contribution in [1.82, 2.24) is 4.90 Å². The van der Waals surface area contributed by atoms with Gasteiger partial charge in [0.05, 0.1) is 0 Å². The van der Waals surface area contributed by atoms with E-state index in [1.165, 1.54) is 25.7 Å². The minimum atomic E-state index is 0.253. The van der Waals surface area contributed by atoms with Gasteiger partial charge in [-0.1, -0.05) is 19.8 Å². The summed E-state index contributed by atoms with van der Waals surface area (Å²) in [5.74, 6) is 0.253. The van der Waals surface area contributed by atoms with Gasteiger partial charge in [-0.25, -0.2) is 0 Å². The first kappa shape index (κ1) is 9.36. The molecule has 0 spiro atoms. The summed E-state index contributed by atoms with van der Waals surface area (Å²) in [6.45, 7) is 3.15. The summed E-state index contributed by atoms with van der Waals surface area (Å²) in [5.41, 5.74) is 5.51. The van der Waals surface area contributed by atoms with Gasteiger partial charge >= 0.3 is 0 Å². The maximum absolute atomic E-state index is 7.42. The quantitative estimate of drug-likeness (QED) is 0.462. The highest BCUT2D eigenvalue weighted by molar-refractivity contribution is 5.74. The summed E-state index contributed by atoms with van der Waals surface area (Å²) in [7, 11) is 0. The largest absolute Gasteiger partial charge is 0.370 e. The first-order valence-corrected chi connectivity index (χ1v) is 4.86. The number of rotatable bonds is 1. The molecule has 0 amide bonds.